The topological polar surface area (TPSA) is 147 Å². The number of nitrogens with two attached hydrogens (primary N) is 1. The maximum atomic E-state index is 12.8. The van der Waals surface area contributed by atoms with E-state index in [-0.39, 0.29) is 6.42 Å². The van der Waals surface area contributed by atoms with Crippen molar-refractivity contribution in [2.45, 2.75) is 30.4 Å². The van der Waals surface area contributed by atoms with Crippen molar-refractivity contribution in [3.05, 3.63) is 41.8 Å². The number of carboxylic acid groups (broad SMARTS) is 1. The number of benzene rings is 1. The Hall–Kier alpha value is -3.13. The second-order valence-electron chi connectivity index (χ2n) is 6.62. The Balaban J connectivity index is 1.98. The lowest BCUT2D eigenvalue weighted by Crippen LogP contribution is -2.73. The number of anilines is 1. The molecule has 31 heavy (non-hydrogen) atoms. The van der Waals surface area contributed by atoms with E-state index in [1.165, 1.54) is 12.1 Å². The number of para-hydroxylation sites is 1. The van der Waals surface area contributed by atoms with Gasteiger partial charge in [0, 0.05) is 12.1 Å². The van der Waals surface area contributed by atoms with E-state index in [2.05, 4.69) is 4.18 Å². The number of nitrogens with zero attached hydrogens (tertiary/aromatic N) is 2. The van der Waals surface area contributed by atoms with Gasteiger partial charge in [-0.2, -0.15) is 21.6 Å². The maximum absolute atomic E-state index is 12.8. The molecule has 0 radical (unpaired) electrons. The molecule has 0 saturated carbocycles. The summed E-state index contributed by atoms with van der Waals surface area (Å²) in [7, 11) is -6.13. The van der Waals surface area contributed by atoms with E-state index >= 15 is 0 Å². The van der Waals surface area contributed by atoms with Gasteiger partial charge in [-0.25, -0.2) is 4.79 Å². The van der Waals surface area contributed by atoms with Gasteiger partial charge in [0.1, 0.15) is 6.04 Å². The van der Waals surface area contributed by atoms with Crippen molar-refractivity contribution in [1.29, 1.82) is 0 Å². The molecule has 3 rings (SSSR count). The minimum atomic E-state index is -6.13. The standard InChI is InChI=1S/C17H16F3N3O7S/c18-17(19,20)31(28,29)30-11-7-6-10-13(15(25)23(10)14(11)16(26)27)22(12(24)8-21)9-4-2-1-3-5-9/h1-5,10,13H,6-8,21H2,(H,26,27)/t10-,13-/m0/s1. The summed E-state index contributed by atoms with van der Waals surface area (Å²) >= 11 is 0. The van der Waals surface area contributed by atoms with Gasteiger partial charge in [-0.1, -0.05) is 18.2 Å². The third-order valence-electron chi connectivity index (χ3n) is 4.81. The lowest BCUT2D eigenvalue weighted by atomic mass is 9.84. The van der Waals surface area contributed by atoms with E-state index in [9.17, 15) is 41.1 Å². The Kier molecular flexibility index (Phi) is 5.71. The fourth-order valence-corrected chi connectivity index (χ4v) is 4.06. The number of rotatable bonds is 6. The highest BCUT2D eigenvalue weighted by molar-refractivity contribution is 7.87. The molecule has 1 aromatic carbocycles. The molecule has 0 bridgehead atoms. The van der Waals surface area contributed by atoms with Gasteiger partial charge in [0.15, 0.2) is 11.5 Å². The number of amides is 2. The number of hydrogen-bond donors (Lipinski definition) is 2. The number of β-lactam (4-membered cyclic amide) rings is 1. The first-order chi connectivity index (χ1) is 14.4. The van der Waals surface area contributed by atoms with Crippen LogP contribution < -0.4 is 10.6 Å². The SMILES string of the molecule is NCC(=O)N(c1ccccc1)[C@@H]1C(=O)N2C(C(=O)O)=C(OS(=O)(=O)C(F)(F)F)CC[C@@H]12. The molecule has 3 N–H and O–H groups in total. The second kappa shape index (κ2) is 7.85. The van der Waals surface area contributed by atoms with Crippen molar-refractivity contribution < 1.29 is 45.3 Å². The Bertz CT molecular complexity index is 1060. The summed E-state index contributed by atoms with van der Waals surface area (Å²) in [5.41, 5.74) is -1.04. The predicted octanol–water partition coefficient (Wildman–Crippen LogP) is 0.514. The van der Waals surface area contributed by atoms with Crippen LogP contribution in [0.3, 0.4) is 0 Å². The predicted molar refractivity (Wildman–Crippen MR) is 97.4 cm³/mol. The molecule has 2 amide bonds. The molecule has 2 aliphatic heterocycles. The van der Waals surface area contributed by atoms with Gasteiger partial charge in [-0.15, -0.1) is 0 Å². The van der Waals surface area contributed by atoms with Crippen LogP contribution in [0.4, 0.5) is 18.9 Å². The minimum Gasteiger partial charge on any atom is -0.476 e. The van der Waals surface area contributed by atoms with E-state index < -0.39 is 69.9 Å². The molecule has 1 aromatic rings. The van der Waals surface area contributed by atoms with Crippen LogP contribution in [0.2, 0.25) is 0 Å². The fraction of sp³-hybridized carbons (Fsp3) is 0.353. The smallest absolute Gasteiger partial charge is 0.476 e. The van der Waals surface area contributed by atoms with Crippen molar-refractivity contribution in [2.24, 2.45) is 5.73 Å². The Morgan fingerprint density at radius 2 is 1.87 bits per heavy atom. The average Bonchev–Trinajstić information content (AvgIpc) is 2.70. The Labute approximate surface area is 173 Å². The summed E-state index contributed by atoms with van der Waals surface area (Å²) in [5, 5.41) is 9.44. The molecule has 2 aliphatic rings. The molecule has 1 saturated heterocycles. The number of allylic oxidation sites excluding steroid dienone is 1. The lowest BCUT2D eigenvalue weighted by Gasteiger charge is -2.53. The number of fused-ring (bicyclic) bond motifs is 1. The van der Waals surface area contributed by atoms with E-state index in [0.717, 1.165) is 4.90 Å². The van der Waals surface area contributed by atoms with Crippen LogP contribution in [-0.2, 0) is 28.7 Å². The van der Waals surface area contributed by atoms with Crippen LogP contribution in [0.25, 0.3) is 0 Å². The monoisotopic (exact) mass is 463 g/mol. The summed E-state index contributed by atoms with van der Waals surface area (Å²) in [6, 6.07) is 5.86. The highest BCUT2D eigenvalue weighted by Crippen LogP contribution is 2.42. The normalized spacial score (nSPS) is 21.3. The summed E-state index contributed by atoms with van der Waals surface area (Å²) in [6.07, 6.45) is -0.654. The van der Waals surface area contributed by atoms with Crippen molar-refractivity contribution in [2.75, 3.05) is 11.4 Å². The van der Waals surface area contributed by atoms with Gasteiger partial charge in [-0.05, 0) is 18.6 Å². The summed E-state index contributed by atoms with van der Waals surface area (Å²) in [6.45, 7) is -0.453. The van der Waals surface area contributed by atoms with Gasteiger partial charge in [0.2, 0.25) is 5.91 Å². The third-order valence-corrected chi connectivity index (χ3v) is 5.80. The van der Waals surface area contributed by atoms with Crippen molar-refractivity contribution in [3.8, 4) is 0 Å². The fourth-order valence-electron chi connectivity index (χ4n) is 3.54. The Morgan fingerprint density at radius 3 is 2.39 bits per heavy atom. The van der Waals surface area contributed by atoms with Crippen LogP contribution in [0, 0.1) is 0 Å². The van der Waals surface area contributed by atoms with E-state index in [1.54, 1.807) is 18.2 Å². The van der Waals surface area contributed by atoms with Crippen LogP contribution in [0.15, 0.2) is 41.8 Å². The summed E-state index contributed by atoms with van der Waals surface area (Å²) < 4.78 is 64.6. The van der Waals surface area contributed by atoms with Crippen LogP contribution in [0.5, 0.6) is 0 Å². The van der Waals surface area contributed by atoms with Crippen LogP contribution in [-0.4, -0.2) is 60.3 Å². The number of halogens is 3. The van der Waals surface area contributed by atoms with Crippen LogP contribution >= 0.6 is 0 Å². The molecule has 2 heterocycles. The molecule has 0 aliphatic carbocycles. The van der Waals surface area contributed by atoms with E-state index in [4.69, 9.17) is 5.73 Å². The average molecular weight is 463 g/mol. The molecule has 168 valence electrons. The highest BCUT2D eigenvalue weighted by atomic mass is 32.2. The first-order valence-corrected chi connectivity index (χ1v) is 10.2. The molecule has 1 fully saturated rings. The zero-order valence-electron chi connectivity index (χ0n) is 15.6. The first kappa shape index (κ1) is 22.6. The van der Waals surface area contributed by atoms with Crippen molar-refractivity contribution in [1.82, 2.24) is 4.90 Å². The summed E-state index contributed by atoms with van der Waals surface area (Å²) in [5.74, 6) is -4.41. The van der Waals surface area contributed by atoms with Gasteiger partial charge in [0.05, 0.1) is 12.6 Å². The zero-order chi connectivity index (χ0) is 23.1. The number of carboxylic acids is 1. The molecular formula is C17H16F3N3O7S. The quantitative estimate of drug-likeness (QED) is 0.352. The van der Waals surface area contributed by atoms with Gasteiger partial charge < -0.3 is 15.0 Å². The van der Waals surface area contributed by atoms with E-state index in [0.29, 0.717) is 10.6 Å². The van der Waals surface area contributed by atoms with E-state index in [1.807, 2.05) is 0 Å². The molecule has 0 aromatic heterocycles. The lowest BCUT2D eigenvalue weighted by molar-refractivity contribution is -0.154. The largest absolute Gasteiger partial charge is 0.534 e. The number of hydrogen-bond acceptors (Lipinski definition) is 7. The van der Waals surface area contributed by atoms with Gasteiger partial charge in [-0.3, -0.25) is 19.4 Å². The number of carbonyl (C=O) groups excluding carboxylic acids is 2. The molecule has 2 atom stereocenters. The Morgan fingerprint density at radius 1 is 1.26 bits per heavy atom. The number of carbonyl (C=O) groups is 3. The van der Waals surface area contributed by atoms with Crippen LogP contribution in [0.1, 0.15) is 12.8 Å². The molecule has 14 heteroatoms. The van der Waals surface area contributed by atoms with Crippen molar-refractivity contribution in [3.63, 3.8) is 0 Å². The van der Waals surface area contributed by atoms with Crippen molar-refractivity contribution >= 4 is 33.6 Å². The second-order valence-corrected chi connectivity index (χ2v) is 8.16. The maximum Gasteiger partial charge on any atom is 0.534 e. The van der Waals surface area contributed by atoms with Gasteiger partial charge in [0.25, 0.3) is 5.91 Å². The molecular weight excluding hydrogens is 447 g/mol. The number of alkyl halides is 3. The third kappa shape index (κ3) is 3.83. The highest BCUT2D eigenvalue weighted by Gasteiger charge is 2.58. The molecule has 0 unspecified atom stereocenters. The summed E-state index contributed by atoms with van der Waals surface area (Å²) in [4.78, 5) is 38.6. The number of aliphatic carboxylic acids is 1. The zero-order valence-corrected chi connectivity index (χ0v) is 16.4. The van der Waals surface area contributed by atoms with Gasteiger partial charge >= 0.3 is 21.6 Å². The minimum absolute atomic E-state index is 0.142. The molecule has 10 nitrogen and oxygen atoms in total. The first-order valence-electron chi connectivity index (χ1n) is 8.78. The molecule has 0 spiro atoms.